The molecule has 1 amide bonds. The molecule has 0 atom stereocenters. The molecular formula is C17H15N5O2. The highest BCUT2D eigenvalue weighted by Gasteiger charge is 2.22. The SMILES string of the molecule is CC(C)c1nc(-c2nc(C(N)=O)n3c2ccc2ccccc23)no1. The van der Waals surface area contributed by atoms with Crippen molar-refractivity contribution in [2.24, 2.45) is 5.73 Å². The van der Waals surface area contributed by atoms with E-state index in [2.05, 4.69) is 15.1 Å². The summed E-state index contributed by atoms with van der Waals surface area (Å²) in [6, 6.07) is 11.6. The van der Waals surface area contributed by atoms with Crippen LogP contribution in [0.5, 0.6) is 0 Å². The molecule has 120 valence electrons. The van der Waals surface area contributed by atoms with Gasteiger partial charge in [-0.25, -0.2) is 4.98 Å². The van der Waals surface area contributed by atoms with Crippen LogP contribution < -0.4 is 5.73 Å². The summed E-state index contributed by atoms with van der Waals surface area (Å²) < 4.78 is 6.99. The summed E-state index contributed by atoms with van der Waals surface area (Å²) in [6.45, 7) is 3.93. The van der Waals surface area contributed by atoms with Gasteiger partial charge in [0.1, 0.15) is 5.69 Å². The number of pyridine rings is 1. The Morgan fingerprint density at radius 2 is 1.92 bits per heavy atom. The third kappa shape index (κ3) is 2.05. The number of amides is 1. The Hall–Kier alpha value is -3.22. The second-order valence-corrected chi connectivity index (χ2v) is 5.87. The lowest BCUT2D eigenvalue weighted by molar-refractivity contribution is 0.0990. The Morgan fingerprint density at radius 1 is 1.12 bits per heavy atom. The van der Waals surface area contributed by atoms with Crippen molar-refractivity contribution >= 4 is 22.3 Å². The first-order valence-corrected chi connectivity index (χ1v) is 7.60. The van der Waals surface area contributed by atoms with E-state index in [0.717, 1.165) is 10.9 Å². The standard InChI is InChI=1S/C17H15N5O2/c1-9(2)17-20-15(21-24-17)13-12-8-7-10-5-3-4-6-11(10)22(12)16(19-13)14(18)23/h3-9H,1-2H3,(H2,18,23). The lowest BCUT2D eigenvalue weighted by Gasteiger charge is -2.04. The molecule has 4 aromatic rings. The van der Waals surface area contributed by atoms with Crippen molar-refractivity contribution in [1.29, 1.82) is 0 Å². The summed E-state index contributed by atoms with van der Waals surface area (Å²) in [5.41, 5.74) is 7.56. The first-order chi connectivity index (χ1) is 11.6. The molecule has 0 saturated heterocycles. The molecule has 7 nitrogen and oxygen atoms in total. The lowest BCUT2D eigenvalue weighted by Crippen LogP contribution is -2.15. The minimum atomic E-state index is -0.611. The van der Waals surface area contributed by atoms with Gasteiger partial charge in [-0.3, -0.25) is 9.20 Å². The number of rotatable bonds is 3. The molecule has 24 heavy (non-hydrogen) atoms. The molecule has 1 aromatic carbocycles. The number of fused-ring (bicyclic) bond motifs is 3. The van der Waals surface area contributed by atoms with Gasteiger partial charge in [0.2, 0.25) is 17.5 Å². The van der Waals surface area contributed by atoms with E-state index < -0.39 is 5.91 Å². The van der Waals surface area contributed by atoms with E-state index in [0.29, 0.717) is 22.9 Å². The fourth-order valence-corrected chi connectivity index (χ4v) is 2.73. The maximum Gasteiger partial charge on any atom is 0.285 e. The second-order valence-electron chi connectivity index (χ2n) is 5.87. The molecule has 2 N–H and O–H groups in total. The van der Waals surface area contributed by atoms with Crippen molar-refractivity contribution in [3.63, 3.8) is 0 Å². The summed E-state index contributed by atoms with van der Waals surface area (Å²) >= 11 is 0. The maximum atomic E-state index is 11.9. The third-order valence-electron chi connectivity index (χ3n) is 3.88. The van der Waals surface area contributed by atoms with Gasteiger partial charge in [-0.2, -0.15) is 4.98 Å². The van der Waals surface area contributed by atoms with Crippen molar-refractivity contribution in [3.8, 4) is 11.5 Å². The molecule has 0 aliphatic rings. The predicted octanol–water partition coefficient (Wildman–Crippen LogP) is 2.76. The van der Waals surface area contributed by atoms with Crippen LogP contribution in [0.1, 0.15) is 36.3 Å². The highest BCUT2D eigenvalue weighted by molar-refractivity contribution is 5.96. The summed E-state index contributed by atoms with van der Waals surface area (Å²) in [5, 5.41) is 4.98. The maximum absolute atomic E-state index is 11.9. The Morgan fingerprint density at radius 3 is 2.62 bits per heavy atom. The summed E-state index contributed by atoms with van der Waals surface area (Å²) in [4.78, 5) is 20.7. The highest BCUT2D eigenvalue weighted by atomic mass is 16.5. The zero-order chi connectivity index (χ0) is 16.8. The number of aromatic nitrogens is 4. The number of benzene rings is 1. The average molecular weight is 321 g/mol. The quantitative estimate of drug-likeness (QED) is 0.625. The molecule has 0 aliphatic heterocycles. The highest BCUT2D eigenvalue weighted by Crippen LogP contribution is 2.27. The predicted molar refractivity (Wildman–Crippen MR) is 88.6 cm³/mol. The van der Waals surface area contributed by atoms with Crippen LogP contribution in [0.15, 0.2) is 40.9 Å². The zero-order valence-corrected chi connectivity index (χ0v) is 13.2. The lowest BCUT2D eigenvalue weighted by atomic mass is 10.2. The molecule has 0 saturated carbocycles. The number of nitrogens with zero attached hydrogens (tertiary/aromatic N) is 4. The van der Waals surface area contributed by atoms with Crippen LogP contribution in [-0.2, 0) is 0 Å². The van der Waals surface area contributed by atoms with E-state index in [4.69, 9.17) is 10.3 Å². The van der Waals surface area contributed by atoms with E-state index in [1.807, 2.05) is 50.2 Å². The number of nitrogens with two attached hydrogens (primary N) is 1. The molecule has 0 spiro atoms. The molecule has 0 unspecified atom stereocenters. The number of hydrogen-bond donors (Lipinski definition) is 1. The summed E-state index contributed by atoms with van der Waals surface area (Å²) in [5.74, 6) is 0.510. The second kappa shape index (κ2) is 5.16. The third-order valence-corrected chi connectivity index (χ3v) is 3.88. The number of para-hydroxylation sites is 1. The van der Waals surface area contributed by atoms with Gasteiger partial charge in [0.05, 0.1) is 11.0 Å². The van der Waals surface area contributed by atoms with Gasteiger partial charge >= 0.3 is 0 Å². The van der Waals surface area contributed by atoms with Crippen LogP contribution in [0, 0.1) is 0 Å². The van der Waals surface area contributed by atoms with Gasteiger partial charge in [0.25, 0.3) is 5.91 Å². The van der Waals surface area contributed by atoms with E-state index >= 15 is 0 Å². The van der Waals surface area contributed by atoms with Gasteiger partial charge in [-0.05, 0) is 17.5 Å². The monoisotopic (exact) mass is 321 g/mol. The number of primary amides is 1. The van der Waals surface area contributed by atoms with Crippen molar-refractivity contribution in [3.05, 3.63) is 48.1 Å². The van der Waals surface area contributed by atoms with Crippen LogP contribution in [0.3, 0.4) is 0 Å². The molecule has 0 bridgehead atoms. The van der Waals surface area contributed by atoms with Gasteiger partial charge in [0.15, 0.2) is 0 Å². The van der Waals surface area contributed by atoms with Gasteiger partial charge in [0, 0.05) is 5.92 Å². The van der Waals surface area contributed by atoms with Gasteiger partial charge in [-0.1, -0.05) is 43.3 Å². The first kappa shape index (κ1) is 14.4. The summed E-state index contributed by atoms with van der Waals surface area (Å²) in [6.07, 6.45) is 0. The van der Waals surface area contributed by atoms with Crippen LogP contribution >= 0.6 is 0 Å². The fourth-order valence-electron chi connectivity index (χ4n) is 2.73. The Bertz CT molecular complexity index is 1080. The summed E-state index contributed by atoms with van der Waals surface area (Å²) in [7, 11) is 0. The number of imidazole rings is 1. The molecule has 0 fully saturated rings. The zero-order valence-electron chi connectivity index (χ0n) is 13.2. The van der Waals surface area contributed by atoms with Crippen LogP contribution in [-0.4, -0.2) is 25.4 Å². The molecule has 3 aromatic heterocycles. The molecule has 3 heterocycles. The van der Waals surface area contributed by atoms with Crippen LogP contribution in [0.4, 0.5) is 0 Å². The number of hydrogen-bond acceptors (Lipinski definition) is 5. The Labute approximate surface area is 137 Å². The van der Waals surface area contributed by atoms with E-state index in [1.54, 1.807) is 4.40 Å². The average Bonchev–Trinajstić information content (AvgIpc) is 3.19. The molecule has 0 radical (unpaired) electrons. The molecule has 0 aliphatic carbocycles. The van der Waals surface area contributed by atoms with E-state index in [-0.39, 0.29) is 11.7 Å². The van der Waals surface area contributed by atoms with Crippen molar-refractivity contribution in [1.82, 2.24) is 19.5 Å². The minimum absolute atomic E-state index is 0.108. The number of carbonyl (C=O) groups is 1. The van der Waals surface area contributed by atoms with Gasteiger partial charge in [-0.15, -0.1) is 0 Å². The number of carbonyl (C=O) groups excluding carboxylic acids is 1. The van der Waals surface area contributed by atoms with Crippen molar-refractivity contribution in [2.45, 2.75) is 19.8 Å². The molecule has 4 rings (SSSR count). The topological polar surface area (TPSA) is 99.3 Å². The largest absolute Gasteiger partial charge is 0.363 e. The van der Waals surface area contributed by atoms with Crippen LogP contribution in [0.2, 0.25) is 0 Å². The van der Waals surface area contributed by atoms with E-state index in [1.165, 1.54) is 0 Å². The molecule has 7 heteroatoms. The Kier molecular flexibility index (Phi) is 3.09. The smallest absolute Gasteiger partial charge is 0.285 e. The Balaban J connectivity index is 2.06. The first-order valence-electron chi connectivity index (χ1n) is 7.60. The van der Waals surface area contributed by atoms with E-state index in [9.17, 15) is 4.79 Å². The van der Waals surface area contributed by atoms with Gasteiger partial charge < -0.3 is 10.3 Å². The molecular weight excluding hydrogens is 306 g/mol. The van der Waals surface area contributed by atoms with Crippen LogP contribution in [0.25, 0.3) is 27.9 Å². The van der Waals surface area contributed by atoms with Crippen molar-refractivity contribution < 1.29 is 9.32 Å². The van der Waals surface area contributed by atoms with Crippen molar-refractivity contribution in [2.75, 3.05) is 0 Å². The minimum Gasteiger partial charge on any atom is -0.363 e. The normalized spacial score (nSPS) is 11.6. The fraction of sp³-hybridized carbons (Fsp3) is 0.176.